The van der Waals surface area contributed by atoms with Crippen molar-refractivity contribution in [1.29, 1.82) is 0 Å². The van der Waals surface area contributed by atoms with E-state index in [1.54, 1.807) is 12.3 Å². The molecule has 0 bridgehead atoms. The largest absolute Gasteiger partial charge is 0.481 e. The van der Waals surface area contributed by atoms with Crippen LogP contribution < -0.4 is 4.74 Å². The van der Waals surface area contributed by atoms with Crippen LogP contribution >= 0.6 is 15.9 Å². The number of aliphatic carboxylic acids is 1. The zero-order chi connectivity index (χ0) is 10.6. The molecule has 0 saturated carbocycles. The van der Waals surface area contributed by atoms with E-state index in [-0.39, 0.29) is 0 Å². The first-order valence-corrected chi connectivity index (χ1v) is 4.53. The maximum atomic E-state index is 10.3. The summed E-state index contributed by atoms with van der Waals surface area (Å²) >= 11 is 3.25. The van der Waals surface area contributed by atoms with E-state index in [0.717, 1.165) is 10.5 Å². The molecule has 0 unspecified atom stereocenters. The standard InChI is InChI=1S/C9H8BrNO3/c1-14-8-4-6(2-3-9(12)13)7(10)5-11-8/h2-5H,1H3,(H,12,13)/b3-2+. The molecule has 4 nitrogen and oxygen atoms in total. The van der Waals surface area contributed by atoms with Gasteiger partial charge in [0.2, 0.25) is 5.88 Å². The number of ether oxygens (including phenoxy) is 1. The second-order valence-corrected chi connectivity index (χ2v) is 3.27. The van der Waals surface area contributed by atoms with Crippen LogP contribution in [0.4, 0.5) is 0 Å². The van der Waals surface area contributed by atoms with Crippen molar-refractivity contribution in [2.75, 3.05) is 7.11 Å². The van der Waals surface area contributed by atoms with Crippen LogP contribution in [0.2, 0.25) is 0 Å². The van der Waals surface area contributed by atoms with Gasteiger partial charge in [-0.15, -0.1) is 0 Å². The van der Waals surface area contributed by atoms with Gasteiger partial charge in [0.05, 0.1) is 7.11 Å². The van der Waals surface area contributed by atoms with E-state index in [2.05, 4.69) is 20.9 Å². The molecule has 0 aliphatic heterocycles. The minimum atomic E-state index is -0.993. The zero-order valence-corrected chi connectivity index (χ0v) is 8.98. The molecule has 14 heavy (non-hydrogen) atoms. The molecule has 1 heterocycles. The van der Waals surface area contributed by atoms with Gasteiger partial charge in [-0.3, -0.25) is 0 Å². The van der Waals surface area contributed by atoms with Gasteiger partial charge in [-0.2, -0.15) is 0 Å². The Morgan fingerprint density at radius 3 is 3.00 bits per heavy atom. The smallest absolute Gasteiger partial charge is 0.328 e. The highest BCUT2D eigenvalue weighted by Crippen LogP contribution is 2.20. The highest BCUT2D eigenvalue weighted by molar-refractivity contribution is 9.10. The number of hydrogen-bond donors (Lipinski definition) is 1. The third kappa shape index (κ3) is 2.85. The van der Waals surface area contributed by atoms with Gasteiger partial charge in [0.15, 0.2) is 0 Å². The Morgan fingerprint density at radius 2 is 2.43 bits per heavy atom. The van der Waals surface area contributed by atoms with Gasteiger partial charge >= 0.3 is 5.97 Å². The topological polar surface area (TPSA) is 59.4 Å². The molecule has 74 valence electrons. The lowest BCUT2D eigenvalue weighted by molar-refractivity contribution is -0.131. The molecule has 0 radical (unpaired) electrons. The highest BCUT2D eigenvalue weighted by Gasteiger charge is 2.00. The van der Waals surface area contributed by atoms with Crippen molar-refractivity contribution >= 4 is 28.0 Å². The Balaban J connectivity index is 3.00. The van der Waals surface area contributed by atoms with Gasteiger partial charge in [-0.25, -0.2) is 9.78 Å². The molecular formula is C9H8BrNO3. The summed E-state index contributed by atoms with van der Waals surface area (Å²) in [7, 11) is 1.50. The van der Waals surface area contributed by atoms with Crippen LogP contribution in [-0.4, -0.2) is 23.2 Å². The summed E-state index contributed by atoms with van der Waals surface area (Å²) in [6, 6.07) is 1.64. The van der Waals surface area contributed by atoms with Crippen LogP contribution in [-0.2, 0) is 4.79 Å². The number of halogens is 1. The lowest BCUT2D eigenvalue weighted by Gasteiger charge is -2.01. The number of carboxylic acids is 1. The van der Waals surface area contributed by atoms with Crippen LogP contribution in [0.1, 0.15) is 5.56 Å². The molecule has 5 heteroatoms. The SMILES string of the molecule is COc1cc(/C=C/C(=O)O)c(Br)cn1. The Morgan fingerprint density at radius 1 is 1.71 bits per heavy atom. The zero-order valence-electron chi connectivity index (χ0n) is 7.40. The first-order chi connectivity index (χ1) is 6.63. The normalized spacial score (nSPS) is 10.4. The van der Waals surface area contributed by atoms with Gasteiger partial charge in [0.1, 0.15) is 0 Å². The molecule has 0 aliphatic rings. The number of methoxy groups -OCH3 is 1. The fourth-order valence-corrected chi connectivity index (χ4v) is 1.18. The molecule has 1 aromatic rings. The first kappa shape index (κ1) is 10.7. The minimum Gasteiger partial charge on any atom is -0.481 e. The molecule has 0 spiro atoms. The fraction of sp³-hybridized carbons (Fsp3) is 0.111. The predicted molar refractivity (Wildman–Crippen MR) is 55.2 cm³/mol. The van der Waals surface area contributed by atoms with E-state index < -0.39 is 5.97 Å². The lowest BCUT2D eigenvalue weighted by Crippen LogP contribution is -1.90. The molecule has 1 rings (SSSR count). The molecular weight excluding hydrogens is 250 g/mol. The summed E-state index contributed by atoms with van der Waals surface area (Å²) in [6.45, 7) is 0. The Bertz CT molecular complexity index is 376. The average Bonchev–Trinajstić information content (AvgIpc) is 2.16. The van der Waals surface area contributed by atoms with E-state index in [1.807, 2.05) is 0 Å². The van der Waals surface area contributed by atoms with Crippen molar-refractivity contribution in [3.05, 3.63) is 28.4 Å². The number of aromatic nitrogens is 1. The van der Waals surface area contributed by atoms with Crippen molar-refractivity contribution < 1.29 is 14.6 Å². The van der Waals surface area contributed by atoms with Crippen LogP contribution in [0, 0.1) is 0 Å². The molecule has 1 aromatic heterocycles. The summed E-state index contributed by atoms with van der Waals surface area (Å²) in [6.07, 6.45) is 4.08. The van der Waals surface area contributed by atoms with Gasteiger partial charge in [-0.1, -0.05) is 0 Å². The van der Waals surface area contributed by atoms with Crippen LogP contribution in [0.15, 0.2) is 22.8 Å². The summed E-state index contributed by atoms with van der Waals surface area (Å²) in [5.74, 6) is -0.550. The monoisotopic (exact) mass is 257 g/mol. The van der Waals surface area contributed by atoms with E-state index in [9.17, 15) is 4.79 Å². The van der Waals surface area contributed by atoms with Crippen LogP contribution in [0.5, 0.6) is 5.88 Å². The molecule has 0 aromatic carbocycles. The van der Waals surface area contributed by atoms with Crippen molar-refractivity contribution in [3.8, 4) is 5.88 Å². The quantitative estimate of drug-likeness (QED) is 0.842. The third-order valence-electron chi connectivity index (χ3n) is 1.47. The highest BCUT2D eigenvalue weighted by atomic mass is 79.9. The van der Waals surface area contributed by atoms with E-state index in [1.165, 1.54) is 13.2 Å². The second kappa shape index (κ2) is 4.76. The lowest BCUT2D eigenvalue weighted by atomic mass is 10.2. The van der Waals surface area contributed by atoms with Gasteiger partial charge in [0.25, 0.3) is 0 Å². The molecule has 0 fully saturated rings. The van der Waals surface area contributed by atoms with Gasteiger partial charge in [0, 0.05) is 22.8 Å². The summed E-state index contributed by atoms with van der Waals surface area (Å²) in [4.78, 5) is 14.2. The molecule has 0 saturated heterocycles. The number of hydrogen-bond acceptors (Lipinski definition) is 3. The van der Waals surface area contributed by atoms with Crippen molar-refractivity contribution in [2.45, 2.75) is 0 Å². The van der Waals surface area contributed by atoms with E-state index in [4.69, 9.17) is 9.84 Å². The Hall–Kier alpha value is -1.36. The second-order valence-electron chi connectivity index (χ2n) is 2.42. The van der Waals surface area contributed by atoms with Gasteiger partial charge in [-0.05, 0) is 27.6 Å². The Labute approximate surface area is 89.4 Å². The summed E-state index contributed by atoms with van der Waals surface area (Å²) in [5.41, 5.74) is 0.708. The van der Waals surface area contributed by atoms with E-state index in [0.29, 0.717) is 11.4 Å². The number of pyridine rings is 1. The van der Waals surface area contributed by atoms with Gasteiger partial charge < -0.3 is 9.84 Å². The molecule has 0 atom stereocenters. The number of nitrogens with zero attached hydrogens (tertiary/aromatic N) is 1. The van der Waals surface area contributed by atoms with Crippen molar-refractivity contribution in [2.24, 2.45) is 0 Å². The van der Waals surface area contributed by atoms with Crippen LogP contribution in [0.3, 0.4) is 0 Å². The Kier molecular flexibility index (Phi) is 3.64. The average molecular weight is 258 g/mol. The molecule has 1 N–H and O–H groups in total. The van der Waals surface area contributed by atoms with Crippen LogP contribution in [0.25, 0.3) is 6.08 Å². The third-order valence-corrected chi connectivity index (χ3v) is 2.14. The summed E-state index contributed by atoms with van der Waals surface area (Å²) < 4.78 is 5.62. The van der Waals surface area contributed by atoms with E-state index >= 15 is 0 Å². The van der Waals surface area contributed by atoms with Crippen molar-refractivity contribution in [3.63, 3.8) is 0 Å². The molecule has 0 aliphatic carbocycles. The summed E-state index contributed by atoms with van der Waals surface area (Å²) in [5, 5.41) is 8.44. The number of carbonyl (C=O) groups is 1. The molecule has 0 amide bonds. The van der Waals surface area contributed by atoms with Crippen molar-refractivity contribution in [1.82, 2.24) is 4.98 Å². The minimum absolute atomic E-state index is 0.443. The number of carboxylic acid groups (broad SMARTS) is 1. The predicted octanol–water partition coefficient (Wildman–Crippen LogP) is 1.95. The maximum Gasteiger partial charge on any atom is 0.328 e. The first-order valence-electron chi connectivity index (χ1n) is 3.74. The number of rotatable bonds is 3. The maximum absolute atomic E-state index is 10.3. The fourth-order valence-electron chi connectivity index (χ4n) is 0.834.